The lowest BCUT2D eigenvalue weighted by molar-refractivity contribution is 0.660. The summed E-state index contributed by atoms with van der Waals surface area (Å²) in [5, 5.41) is 5.14. The molecule has 9 aromatic carbocycles. The zero-order valence-electron chi connectivity index (χ0n) is 31.9. The molecule has 1 aliphatic rings. The third-order valence-electron chi connectivity index (χ3n) is 12.1. The molecular formula is C55H39NS. The largest absolute Gasteiger partial charge is 0.310 e. The molecule has 0 bridgehead atoms. The summed E-state index contributed by atoms with van der Waals surface area (Å²) in [6, 6.07) is 73.9. The molecule has 0 radical (unpaired) electrons. The molecule has 0 unspecified atom stereocenters. The highest BCUT2D eigenvalue weighted by Crippen LogP contribution is 2.54. The summed E-state index contributed by atoms with van der Waals surface area (Å²) < 4.78 is 2.65. The van der Waals surface area contributed by atoms with Crippen molar-refractivity contribution in [1.29, 1.82) is 0 Å². The second-order valence-corrected chi connectivity index (χ2v) is 16.8. The number of para-hydroxylation sites is 1. The molecule has 0 amide bonds. The van der Waals surface area contributed by atoms with Crippen LogP contribution in [0, 0.1) is 0 Å². The fourth-order valence-corrected chi connectivity index (χ4v) is 10.4. The van der Waals surface area contributed by atoms with Gasteiger partial charge in [0.05, 0.1) is 5.69 Å². The monoisotopic (exact) mass is 745 g/mol. The quantitative estimate of drug-likeness (QED) is 0.164. The van der Waals surface area contributed by atoms with Gasteiger partial charge in [-0.2, -0.15) is 0 Å². The third-order valence-corrected chi connectivity index (χ3v) is 13.2. The molecule has 1 aromatic heterocycles. The Morgan fingerprint density at radius 2 is 1.02 bits per heavy atom. The molecule has 0 saturated heterocycles. The highest BCUT2D eigenvalue weighted by molar-refractivity contribution is 7.25. The van der Waals surface area contributed by atoms with Gasteiger partial charge in [-0.1, -0.05) is 166 Å². The van der Waals surface area contributed by atoms with Crippen LogP contribution in [0.25, 0.3) is 75.5 Å². The van der Waals surface area contributed by atoms with Crippen molar-refractivity contribution in [3.05, 3.63) is 211 Å². The summed E-state index contributed by atoms with van der Waals surface area (Å²) in [4.78, 5) is 2.45. The van der Waals surface area contributed by atoms with Gasteiger partial charge in [0.1, 0.15) is 0 Å². The summed E-state index contributed by atoms with van der Waals surface area (Å²) >= 11 is 1.86. The molecule has 270 valence electrons. The van der Waals surface area contributed by atoms with Crippen molar-refractivity contribution in [2.24, 2.45) is 0 Å². The Balaban J connectivity index is 1.09. The van der Waals surface area contributed by atoms with Gasteiger partial charge in [0.25, 0.3) is 0 Å². The highest BCUT2D eigenvalue weighted by Gasteiger charge is 2.37. The Bertz CT molecular complexity index is 3160. The van der Waals surface area contributed by atoms with Crippen molar-refractivity contribution in [2.75, 3.05) is 4.90 Å². The van der Waals surface area contributed by atoms with Crippen molar-refractivity contribution in [3.8, 4) is 44.5 Å². The van der Waals surface area contributed by atoms with E-state index in [2.05, 4.69) is 219 Å². The molecule has 0 aliphatic heterocycles. The van der Waals surface area contributed by atoms with Crippen LogP contribution in [0.5, 0.6) is 0 Å². The van der Waals surface area contributed by atoms with Crippen molar-refractivity contribution in [3.63, 3.8) is 0 Å². The number of benzene rings is 9. The van der Waals surface area contributed by atoms with Gasteiger partial charge >= 0.3 is 0 Å². The molecule has 0 atom stereocenters. The van der Waals surface area contributed by atoms with E-state index in [4.69, 9.17) is 0 Å². The molecule has 0 spiro atoms. The predicted octanol–water partition coefficient (Wildman–Crippen LogP) is 16.0. The van der Waals surface area contributed by atoms with Crippen LogP contribution >= 0.6 is 11.3 Å². The second kappa shape index (κ2) is 13.2. The lowest BCUT2D eigenvalue weighted by Gasteiger charge is -2.29. The predicted molar refractivity (Wildman–Crippen MR) is 245 cm³/mol. The van der Waals surface area contributed by atoms with Crippen molar-refractivity contribution < 1.29 is 0 Å². The first kappa shape index (κ1) is 33.6. The molecule has 57 heavy (non-hydrogen) atoms. The van der Waals surface area contributed by atoms with Crippen LogP contribution in [0.2, 0.25) is 0 Å². The zero-order valence-corrected chi connectivity index (χ0v) is 32.7. The highest BCUT2D eigenvalue weighted by atomic mass is 32.1. The molecule has 1 nitrogen and oxygen atoms in total. The molecule has 1 heterocycles. The summed E-state index contributed by atoms with van der Waals surface area (Å²) in [6.07, 6.45) is 0. The number of anilines is 3. The first-order valence-electron chi connectivity index (χ1n) is 19.8. The Kier molecular flexibility index (Phi) is 7.77. The molecular weight excluding hydrogens is 707 g/mol. The number of thiophene rings is 1. The van der Waals surface area contributed by atoms with Gasteiger partial charge in [0.2, 0.25) is 0 Å². The van der Waals surface area contributed by atoms with Gasteiger partial charge in [-0.25, -0.2) is 0 Å². The first-order chi connectivity index (χ1) is 28.0. The van der Waals surface area contributed by atoms with Crippen LogP contribution in [0.4, 0.5) is 17.1 Å². The van der Waals surface area contributed by atoms with E-state index in [1.54, 1.807) is 0 Å². The van der Waals surface area contributed by atoms with Gasteiger partial charge in [-0.05, 0) is 109 Å². The first-order valence-corrected chi connectivity index (χ1v) is 20.6. The van der Waals surface area contributed by atoms with Gasteiger partial charge < -0.3 is 4.90 Å². The lowest BCUT2D eigenvalue weighted by atomic mass is 9.82. The van der Waals surface area contributed by atoms with Crippen LogP contribution in [0.3, 0.4) is 0 Å². The SMILES string of the molecule is CC1(C)c2ccccc2-c2c(-c3ccccc3N(c3ccc(-c4ccc5sc6ccccc6c5c4)cc3)c3cccc(-c4cccc5ccccc45)c3)cccc21. The molecule has 0 saturated carbocycles. The standard InChI is InChI=1S/C55H39NS/c1-55(2)49-24-8-5-21-47(49)54-46(23-13-25-50(54)55)44-19-6-9-26-51(44)56(41-17-11-16-39(34-41)43-22-12-15-37-14-3-4-18-42(37)43)40-31-28-36(29-32-40)38-30-33-53-48(35-38)45-20-7-10-27-52(45)57-53/h3-35H,1-2H3. The second-order valence-electron chi connectivity index (χ2n) is 15.7. The maximum Gasteiger partial charge on any atom is 0.0540 e. The molecule has 1 aliphatic carbocycles. The molecule has 2 heteroatoms. The smallest absolute Gasteiger partial charge is 0.0540 e. The van der Waals surface area contributed by atoms with E-state index in [1.807, 2.05) is 11.3 Å². The van der Waals surface area contributed by atoms with E-state index in [9.17, 15) is 0 Å². The molecule has 10 aromatic rings. The van der Waals surface area contributed by atoms with Gasteiger partial charge in [-0.3, -0.25) is 0 Å². The average Bonchev–Trinajstić information content (AvgIpc) is 3.75. The number of hydrogen-bond acceptors (Lipinski definition) is 2. The van der Waals surface area contributed by atoms with E-state index < -0.39 is 0 Å². The van der Waals surface area contributed by atoms with E-state index in [0.29, 0.717) is 0 Å². The van der Waals surface area contributed by atoms with Crippen molar-refractivity contribution >= 4 is 59.3 Å². The number of nitrogens with zero attached hydrogens (tertiary/aromatic N) is 1. The average molecular weight is 746 g/mol. The van der Waals surface area contributed by atoms with Crippen LogP contribution in [-0.2, 0) is 5.41 Å². The Hall–Kier alpha value is -6.74. The van der Waals surface area contributed by atoms with Crippen molar-refractivity contribution in [1.82, 2.24) is 0 Å². The molecule has 0 N–H and O–H groups in total. The molecule has 0 fully saturated rings. The summed E-state index contributed by atoms with van der Waals surface area (Å²) in [5.41, 5.74) is 16.0. The number of hydrogen-bond donors (Lipinski definition) is 0. The van der Waals surface area contributed by atoms with Crippen LogP contribution < -0.4 is 4.90 Å². The minimum Gasteiger partial charge on any atom is -0.310 e. The Labute approximate surface area is 337 Å². The minimum absolute atomic E-state index is 0.0858. The zero-order chi connectivity index (χ0) is 38.1. The number of rotatable bonds is 6. The number of fused-ring (bicyclic) bond motifs is 7. The van der Waals surface area contributed by atoms with Gasteiger partial charge in [0, 0.05) is 42.5 Å². The van der Waals surface area contributed by atoms with Gasteiger partial charge in [0.15, 0.2) is 0 Å². The molecule has 11 rings (SSSR count). The Morgan fingerprint density at radius 1 is 0.386 bits per heavy atom. The Morgan fingerprint density at radius 3 is 1.91 bits per heavy atom. The summed E-state index contributed by atoms with van der Waals surface area (Å²) in [7, 11) is 0. The van der Waals surface area contributed by atoms with Crippen molar-refractivity contribution in [2.45, 2.75) is 19.3 Å². The van der Waals surface area contributed by atoms with Crippen LogP contribution in [-0.4, -0.2) is 0 Å². The maximum atomic E-state index is 2.45. The van der Waals surface area contributed by atoms with Crippen LogP contribution in [0.15, 0.2) is 200 Å². The van der Waals surface area contributed by atoms with E-state index in [1.165, 1.54) is 86.6 Å². The normalized spacial score (nSPS) is 12.9. The van der Waals surface area contributed by atoms with E-state index in [0.717, 1.165) is 17.1 Å². The fraction of sp³-hybridized carbons (Fsp3) is 0.0545. The van der Waals surface area contributed by atoms with Crippen LogP contribution in [0.1, 0.15) is 25.0 Å². The lowest BCUT2D eigenvalue weighted by Crippen LogP contribution is -2.14. The van der Waals surface area contributed by atoms with Gasteiger partial charge in [-0.15, -0.1) is 11.3 Å². The topological polar surface area (TPSA) is 3.24 Å². The third kappa shape index (κ3) is 5.44. The summed E-state index contributed by atoms with van der Waals surface area (Å²) in [6.45, 7) is 4.72. The minimum atomic E-state index is -0.0858. The summed E-state index contributed by atoms with van der Waals surface area (Å²) in [5.74, 6) is 0. The fourth-order valence-electron chi connectivity index (χ4n) is 9.30. The van der Waals surface area contributed by atoms with E-state index in [-0.39, 0.29) is 5.41 Å². The van der Waals surface area contributed by atoms with E-state index >= 15 is 0 Å². The maximum absolute atomic E-state index is 2.45.